The first-order valence-electron chi connectivity index (χ1n) is 10.1. The molecule has 2 aromatic carbocycles. The normalized spacial score (nSPS) is 11.8. The van der Waals surface area contributed by atoms with Crippen LogP contribution in [0.15, 0.2) is 65.1 Å². The summed E-state index contributed by atoms with van der Waals surface area (Å²) >= 11 is 0. The van der Waals surface area contributed by atoms with Crippen LogP contribution in [0.2, 0.25) is 26.2 Å². The van der Waals surface area contributed by atoms with Crippen molar-refractivity contribution in [2.24, 2.45) is 0 Å². The molecule has 5 nitrogen and oxygen atoms in total. The number of carbonyl (C=O) groups excluding carboxylic acids is 2. The number of hydrogen-bond donors (Lipinski definition) is 0. The van der Waals surface area contributed by atoms with Crippen molar-refractivity contribution < 1.29 is 23.5 Å². The Morgan fingerprint density at radius 3 is 1.26 bits per heavy atom. The molecule has 0 bridgehead atoms. The van der Waals surface area contributed by atoms with Gasteiger partial charge in [0.25, 0.3) is 0 Å². The van der Waals surface area contributed by atoms with Crippen LogP contribution in [0.5, 0.6) is 0 Å². The van der Waals surface area contributed by atoms with Crippen molar-refractivity contribution in [1.82, 2.24) is 0 Å². The molecular weight excluding hydrogens is 424 g/mol. The SMILES string of the molecule is COC(=O)c1c([Si](C)(C)c2ccccc2)oc([Si](C)(C)c2ccccc2)c1C(=O)OC. The van der Waals surface area contributed by atoms with E-state index in [2.05, 4.69) is 26.2 Å². The van der Waals surface area contributed by atoms with Crippen LogP contribution < -0.4 is 21.1 Å². The Morgan fingerprint density at radius 1 is 0.645 bits per heavy atom. The van der Waals surface area contributed by atoms with Gasteiger partial charge in [-0.15, -0.1) is 0 Å². The van der Waals surface area contributed by atoms with Gasteiger partial charge >= 0.3 is 11.9 Å². The molecule has 3 rings (SSSR count). The fraction of sp³-hybridized carbons (Fsp3) is 0.250. The summed E-state index contributed by atoms with van der Waals surface area (Å²) in [6.45, 7) is 8.43. The van der Waals surface area contributed by atoms with Crippen molar-refractivity contribution in [3.8, 4) is 0 Å². The number of furan rings is 1. The number of esters is 2. The van der Waals surface area contributed by atoms with Gasteiger partial charge in [0.05, 0.1) is 14.2 Å². The van der Waals surface area contributed by atoms with Crippen molar-refractivity contribution in [2.75, 3.05) is 14.2 Å². The Kier molecular flexibility index (Phi) is 6.38. The van der Waals surface area contributed by atoms with Gasteiger partial charge in [0.15, 0.2) is 16.1 Å². The van der Waals surface area contributed by atoms with Crippen molar-refractivity contribution in [1.29, 1.82) is 0 Å². The van der Waals surface area contributed by atoms with Crippen LogP contribution in [-0.2, 0) is 9.47 Å². The smallest absolute Gasteiger partial charge is 0.341 e. The molecule has 0 fully saturated rings. The van der Waals surface area contributed by atoms with Gasteiger partial charge in [-0.3, -0.25) is 0 Å². The summed E-state index contributed by atoms with van der Waals surface area (Å²) in [5, 5.41) is 3.27. The molecule has 3 aromatic rings. The van der Waals surface area contributed by atoms with Crippen LogP contribution in [0.4, 0.5) is 0 Å². The summed E-state index contributed by atoms with van der Waals surface area (Å²) in [5.74, 6) is -1.17. The van der Waals surface area contributed by atoms with Gasteiger partial charge in [0, 0.05) is 0 Å². The molecule has 162 valence electrons. The summed E-state index contributed by atoms with van der Waals surface area (Å²) in [6, 6.07) is 19.9. The molecule has 0 N–H and O–H groups in total. The molecule has 0 unspecified atom stereocenters. The molecule has 0 amide bonds. The molecule has 31 heavy (non-hydrogen) atoms. The Morgan fingerprint density at radius 2 is 0.968 bits per heavy atom. The minimum Gasteiger partial charge on any atom is -0.474 e. The van der Waals surface area contributed by atoms with E-state index in [-0.39, 0.29) is 11.1 Å². The van der Waals surface area contributed by atoms with Crippen LogP contribution in [0.3, 0.4) is 0 Å². The van der Waals surface area contributed by atoms with Crippen LogP contribution >= 0.6 is 0 Å². The lowest BCUT2D eigenvalue weighted by atomic mass is 10.2. The van der Waals surface area contributed by atoms with E-state index in [4.69, 9.17) is 13.9 Å². The molecule has 0 saturated heterocycles. The summed E-state index contributed by atoms with van der Waals surface area (Å²) in [6.07, 6.45) is 0. The highest BCUT2D eigenvalue weighted by Gasteiger charge is 2.45. The Hall–Kier alpha value is -2.91. The van der Waals surface area contributed by atoms with E-state index in [0.29, 0.717) is 10.8 Å². The molecule has 0 aliphatic rings. The zero-order valence-corrected chi connectivity index (χ0v) is 20.8. The van der Waals surface area contributed by atoms with E-state index >= 15 is 0 Å². The van der Waals surface area contributed by atoms with E-state index in [1.54, 1.807) is 0 Å². The average molecular weight is 453 g/mol. The van der Waals surface area contributed by atoms with E-state index in [1.165, 1.54) is 14.2 Å². The monoisotopic (exact) mass is 452 g/mol. The fourth-order valence-corrected chi connectivity index (χ4v) is 8.97. The lowest BCUT2D eigenvalue weighted by Gasteiger charge is -2.23. The third-order valence-electron chi connectivity index (χ3n) is 5.81. The van der Waals surface area contributed by atoms with E-state index in [1.807, 2.05) is 60.7 Å². The maximum atomic E-state index is 13.0. The molecule has 1 heterocycles. The van der Waals surface area contributed by atoms with Gasteiger partial charge in [0.2, 0.25) is 0 Å². The van der Waals surface area contributed by atoms with E-state index in [0.717, 1.165) is 10.4 Å². The summed E-state index contributed by atoms with van der Waals surface area (Å²) < 4.78 is 16.8. The number of methoxy groups -OCH3 is 2. The van der Waals surface area contributed by atoms with Crippen LogP contribution in [0.25, 0.3) is 0 Å². The first kappa shape index (κ1) is 22.8. The number of carbonyl (C=O) groups is 2. The molecule has 0 aliphatic heterocycles. The molecule has 0 spiro atoms. The summed E-state index contributed by atoms with van der Waals surface area (Å²) in [5.41, 5.74) is 0.391. The molecule has 0 radical (unpaired) electrons. The number of rotatable bonds is 6. The van der Waals surface area contributed by atoms with Crippen molar-refractivity contribution in [2.45, 2.75) is 26.2 Å². The Bertz CT molecular complexity index is 1000. The standard InChI is InChI=1S/C24H28O5Si2/c1-27-21(25)19-20(22(26)28-2)24(31(5,6)18-15-11-8-12-16-18)29-23(19)30(3,4)17-13-9-7-10-14-17/h7-16H,1-6H3. The third kappa shape index (κ3) is 4.03. The lowest BCUT2D eigenvalue weighted by Crippen LogP contribution is -2.56. The average Bonchev–Trinajstić information content (AvgIpc) is 3.21. The highest BCUT2D eigenvalue weighted by atomic mass is 28.3. The van der Waals surface area contributed by atoms with Crippen LogP contribution in [-0.4, -0.2) is 42.3 Å². The Balaban J connectivity index is 2.38. The molecule has 0 saturated carbocycles. The summed E-state index contributed by atoms with van der Waals surface area (Å²) in [4.78, 5) is 26.0. The van der Waals surface area contributed by atoms with Crippen molar-refractivity contribution >= 4 is 49.2 Å². The van der Waals surface area contributed by atoms with Crippen molar-refractivity contribution in [3.63, 3.8) is 0 Å². The predicted octanol–water partition coefficient (Wildman–Crippen LogP) is 2.50. The second-order valence-electron chi connectivity index (χ2n) is 8.48. The first-order valence-corrected chi connectivity index (χ1v) is 16.1. The number of ether oxygens (including phenoxy) is 2. The Labute approximate surface area is 185 Å². The predicted molar refractivity (Wildman–Crippen MR) is 128 cm³/mol. The number of benzene rings is 2. The van der Waals surface area contributed by atoms with Gasteiger partial charge in [-0.25, -0.2) is 9.59 Å². The van der Waals surface area contributed by atoms with Crippen LogP contribution in [0.1, 0.15) is 20.7 Å². The van der Waals surface area contributed by atoms with E-state index in [9.17, 15) is 9.59 Å². The zero-order chi connectivity index (χ0) is 22.8. The zero-order valence-electron chi connectivity index (χ0n) is 18.8. The third-order valence-corrected chi connectivity index (χ3v) is 12.3. The van der Waals surface area contributed by atoms with Gasteiger partial charge in [0.1, 0.15) is 21.9 Å². The highest BCUT2D eigenvalue weighted by Crippen LogP contribution is 2.20. The second-order valence-corrected chi connectivity index (χ2v) is 17.0. The van der Waals surface area contributed by atoms with Gasteiger partial charge in [-0.1, -0.05) is 97.2 Å². The van der Waals surface area contributed by atoms with Gasteiger partial charge in [-0.05, 0) is 0 Å². The lowest BCUT2D eigenvalue weighted by molar-refractivity contribution is 0.0558. The second kappa shape index (κ2) is 8.68. The van der Waals surface area contributed by atoms with Gasteiger partial charge < -0.3 is 13.9 Å². The minimum atomic E-state index is -2.48. The number of hydrogen-bond acceptors (Lipinski definition) is 5. The quantitative estimate of drug-likeness (QED) is 0.425. The maximum absolute atomic E-state index is 13.0. The maximum Gasteiger partial charge on any atom is 0.341 e. The van der Waals surface area contributed by atoms with Gasteiger partial charge in [-0.2, -0.15) is 0 Å². The minimum absolute atomic E-state index is 0.196. The largest absolute Gasteiger partial charge is 0.474 e. The molecule has 0 aliphatic carbocycles. The first-order chi connectivity index (χ1) is 14.7. The molecule has 7 heteroatoms. The summed E-state index contributed by atoms with van der Waals surface area (Å²) in [7, 11) is -2.33. The molecular formula is C24H28O5Si2. The van der Waals surface area contributed by atoms with Crippen molar-refractivity contribution in [3.05, 3.63) is 71.8 Å². The highest BCUT2D eigenvalue weighted by molar-refractivity contribution is 7.02. The van der Waals surface area contributed by atoms with E-state index < -0.39 is 28.1 Å². The molecule has 0 atom stereocenters. The topological polar surface area (TPSA) is 65.7 Å². The van der Waals surface area contributed by atoms with Crippen LogP contribution in [0, 0.1) is 0 Å². The fourth-order valence-electron chi connectivity index (χ4n) is 3.88. The molecule has 1 aromatic heterocycles.